The average molecular weight is 275 g/mol. The van der Waals surface area contributed by atoms with Gasteiger partial charge in [-0.1, -0.05) is 30.3 Å². The number of nitrogens with zero attached hydrogens (tertiary/aromatic N) is 2. The molecule has 0 unspecified atom stereocenters. The van der Waals surface area contributed by atoms with E-state index in [1.165, 1.54) is 4.90 Å². The van der Waals surface area contributed by atoms with Crippen LogP contribution in [0, 0.1) is 11.3 Å². The number of aliphatic carboxylic acids is 1. The molecule has 20 heavy (non-hydrogen) atoms. The molecular formula is C14H17N3O3. The molecule has 0 aliphatic heterocycles. The molecule has 1 aromatic carbocycles. The first kappa shape index (κ1) is 15.5. The van der Waals surface area contributed by atoms with Crippen LogP contribution in [0.2, 0.25) is 0 Å². The van der Waals surface area contributed by atoms with Crippen molar-refractivity contribution in [2.24, 2.45) is 0 Å². The Morgan fingerprint density at radius 2 is 2.05 bits per heavy atom. The van der Waals surface area contributed by atoms with Crippen molar-refractivity contribution in [2.75, 3.05) is 13.1 Å². The largest absolute Gasteiger partial charge is 0.479 e. The minimum atomic E-state index is -1.12. The zero-order valence-electron chi connectivity index (χ0n) is 11.2. The molecule has 2 N–H and O–H groups in total. The Bertz CT molecular complexity index is 496. The highest BCUT2D eigenvalue weighted by Crippen LogP contribution is 2.13. The first-order valence-corrected chi connectivity index (χ1v) is 6.30. The van der Waals surface area contributed by atoms with E-state index in [4.69, 9.17) is 5.26 Å². The highest BCUT2D eigenvalue weighted by Gasteiger charge is 2.23. The predicted molar refractivity (Wildman–Crippen MR) is 72.8 cm³/mol. The van der Waals surface area contributed by atoms with E-state index in [0.717, 1.165) is 0 Å². The Kier molecular flexibility index (Phi) is 6.04. The van der Waals surface area contributed by atoms with Crippen molar-refractivity contribution in [3.63, 3.8) is 0 Å². The quantitative estimate of drug-likeness (QED) is 0.827. The van der Waals surface area contributed by atoms with Crippen molar-refractivity contribution in [3.05, 3.63) is 35.9 Å². The maximum atomic E-state index is 12.0. The molecule has 1 aromatic rings. The van der Waals surface area contributed by atoms with Gasteiger partial charge in [-0.15, -0.1) is 0 Å². The normalized spacial score (nSPS) is 11.2. The van der Waals surface area contributed by atoms with E-state index in [9.17, 15) is 14.7 Å². The van der Waals surface area contributed by atoms with E-state index in [0.29, 0.717) is 12.1 Å². The predicted octanol–water partition coefficient (Wildman–Crippen LogP) is 1.76. The van der Waals surface area contributed by atoms with E-state index in [-0.39, 0.29) is 13.0 Å². The van der Waals surface area contributed by atoms with Gasteiger partial charge in [0, 0.05) is 13.1 Å². The van der Waals surface area contributed by atoms with E-state index in [1.807, 2.05) is 6.07 Å². The topological polar surface area (TPSA) is 93.4 Å². The molecule has 1 atom stereocenters. The summed E-state index contributed by atoms with van der Waals surface area (Å²) < 4.78 is 0. The Morgan fingerprint density at radius 3 is 2.55 bits per heavy atom. The van der Waals surface area contributed by atoms with Crippen molar-refractivity contribution < 1.29 is 14.7 Å². The minimum Gasteiger partial charge on any atom is -0.479 e. The van der Waals surface area contributed by atoms with Crippen LogP contribution in [-0.2, 0) is 4.79 Å². The molecule has 0 spiro atoms. The highest BCUT2D eigenvalue weighted by molar-refractivity contribution is 5.83. The first-order valence-electron chi connectivity index (χ1n) is 6.30. The molecule has 2 amide bonds. The third-order valence-electron chi connectivity index (χ3n) is 2.81. The highest BCUT2D eigenvalue weighted by atomic mass is 16.4. The lowest BCUT2D eigenvalue weighted by molar-refractivity contribution is -0.139. The summed E-state index contributed by atoms with van der Waals surface area (Å²) in [5.41, 5.74) is 0.504. The average Bonchev–Trinajstić information content (AvgIpc) is 2.46. The van der Waals surface area contributed by atoms with Crippen LogP contribution in [0.3, 0.4) is 0 Å². The van der Waals surface area contributed by atoms with Gasteiger partial charge in [-0.05, 0) is 12.5 Å². The van der Waals surface area contributed by atoms with Crippen LogP contribution in [0.5, 0.6) is 0 Å². The van der Waals surface area contributed by atoms with E-state index >= 15 is 0 Å². The van der Waals surface area contributed by atoms with Gasteiger partial charge in [-0.25, -0.2) is 9.59 Å². The van der Waals surface area contributed by atoms with Gasteiger partial charge in [0.1, 0.15) is 0 Å². The number of carboxylic acids is 1. The van der Waals surface area contributed by atoms with Crippen molar-refractivity contribution >= 4 is 12.0 Å². The van der Waals surface area contributed by atoms with Crippen LogP contribution in [0.1, 0.15) is 24.9 Å². The second-order valence-electron chi connectivity index (χ2n) is 4.12. The van der Waals surface area contributed by atoms with Crippen molar-refractivity contribution in [3.8, 4) is 6.07 Å². The molecule has 6 nitrogen and oxygen atoms in total. The minimum absolute atomic E-state index is 0.213. The molecule has 0 heterocycles. The molecule has 6 heteroatoms. The van der Waals surface area contributed by atoms with Crippen LogP contribution < -0.4 is 5.32 Å². The lowest BCUT2D eigenvalue weighted by Crippen LogP contribution is -2.44. The van der Waals surface area contributed by atoms with E-state index in [2.05, 4.69) is 5.32 Å². The summed E-state index contributed by atoms with van der Waals surface area (Å²) in [6, 6.07) is 8.86. The van der Waals surface area contributed by atoms with Gasteiger partial charge in [0.25, 0.3) is 0 Å². The molecular weight excluding hydrogens is 258 g/mol. The zero-order valence-corrected chi connectivity index (χ0v) is 11.2. The van der Waals surface area contributed by atoms with Crippen molar-refractivity contribution in [2.45, 2.75) is 19.4 Å². The molecule has 0 saturated heterocycles. The van der Waals surface area contributed by atoms with Crippen molar-refractivity contribution in [1.82, 2.24) is 10.2 Å². The summed E-state index contributed by atoms with van der Waals surface area (Å²) in [5.74, 6) is -1.12. The number of rotatable bonds is 6. The maximum absolute atomic E-state index is 12.0. The number of hydrogen-bond donors (Lipinski definition) is 2. The molecule has 0 fully saturated rings. The van der Waals surface area contributed by atoms with Gasteiger partial charge in [0.2, 0.25) is 0 Å². The Balaban J connectivity index is 2.78. The number of hydrogen-bond acceptors (Lipinski definition) is 3. The number of benzene rings is 1. The van der Waals surface area contributed by atoms with Crippen molar-refractivity contribution in [1.29, 1.82) is 5.26 Å². The number of carbonyl (C=O) groups is 2. The first-order chi connectivity index (χ1) is 9.60. The second-order valence-corrected chi connectivity index (χ2v) is 4.12. The van der Waals surface area contributed by atoms with E-state index in [1.54, 1.807) is 37.3 Å². The summed E-state index contributed by atoms with van der Waals surface area (Å²) in [6.07, 6.45) is 0.213. The molecule has 0 bridgehead atoms. The van der Waals surface area contributed by atoms with Gasteiger partial charge in [-0.3, -0.25) is 0 Å². The SMILES string of the molecule is CCN(CCC#N)C(=O)N[C@H](C(=O)O)c1ccccc1. The van der Waals surface area contributed by atoms with Gasteiger partial charge in [-0.2, -0.15) is 5.26 Å². The van der Waals surface area contributed by atoms with Gasteiger partial charge in [0.05, 0.1) is 12.5 Å². The molecule has 106 valence electrons. The monoisotopic (exact) mass is 275 g/mol. The van der Waals surface area contributed by atoms with Gasteiger partial charge >= 0.3 is 12.0 Å². The zero-order chi connectivity index (χ0) is 15.0. The standard InChI is InChI=1S/C14H17N3O3/c1-2-17(10-6-9-15)14(20)16-12(13(18)19)11-7-4-3-5-8-11/h3-5,7-8,12H,2,6,10H2,1H3,(H,16,20)(H,18,19)/t12-/m0/s1. The van der Waals surface area contributed by atoms with Gasteiger partial charge in [0.15, 0.2) is 6.04 Å². The molecule has 0 aliphatic rings. The van der Waals surface area contributed by atoms with Crippen LogP contribution in [0.25, 0.3) is 0 Å². The summed E-state index contributed by atoms with van der Waals surface area (Å²) in [5, 5.41) is 20.2. The van der Waals surface area contributed by atoms with Crippen LogP contribution >= 0.6 is 0 Å². The summed E-state index contributed by atoms with van der Waals surface area (Å²) in [7, 11) is 0. The Hall–Kier alpha value is -2.55. The Labute approximate surface area is 117 Å². The molecule has 0 aromatic heterocycles. The molecule has 1 rings (SSSR count). The van der Waals surface area contributed by atoms with Crippen LogP contribution in [0.4, 0.5) is 4.79 Å². The lowest BCUT2D eigenvalue weighted by atomic mass is 10.1. The molecule has 0 aliphatic carbocycles. The van der Waals surface area contributed by atoms with Crippen LogP contribution in [0.15, 0.2) is 30.3 Å². The number of carbonyl (C=O) groups excluding carboxylic acids is 1. The third-order valence-corrected chi connectivity index (χ3v) is 2.81. The second kappa shape index (κ2) is 7.79. The summed E-state index contributed by atoms with van der Waals surface area (Å²) >= 11 is 0. The molecule has 0 saturated carbocycles. The smallest absolute Gasteiger partial charge is 0.330 e. The fraction of sp³-hybridized carbons (Fsp3) is 0.357. The van der Waals surface area contributed by atoms with Crippen LogP contribution in [-0.4, -0.2) is 35.1 Å². The number of amides is 2. The third kappa shape index (κ3) is 4.28. The number of nitrogens with one attached hydrogen (secondary N) is 1. The van der Waals surface area contributed by atoms with Gasteiger partial charge < -0.3 is 15.3 Å². The van der Waals surface area contributed by atoms with E-state index < -0.39 is 18.0 Å². The fourth-order valence-electron chi connectivity index (χ4n) is 1.74. The summed E-state index contributed by atoms with van der Waals surface area (Å²) in [4.78, 5) is 24.7. The number of nitriles is 1. The fourth-order valence-corrected chi connectivity index (χ4v) is 1.74. The Morgan fingerprint density at radius 1 is 1.40 bits per heavy atom. The molecule has 0 radical (unpaired) electrons. The number of urea groups is 1. The maximum Gasteiger partial charge on any atom is 0.330 e. The summed E-state index contributed by atoms with van der Waals surface area (Å²) in [6.45, 7) is 2.46. The lowest BCUT2D eigenvalue weighted by Gasteiger charge is -2.23. The number of carboxylic acid groups (broad SMARTS) is 1.